The third-order valence-corrected chi connectivity index (χ3v) is 14.7. The highest BCUT2D eigenvalue weighted by atomic mass is 14.7. The lowest BCUT2D eigenvalue weighted by Crippen LogP contribution is -2.55. The number of benzene rings is 6. The van der Waals surface area contributed by atoms with Crippen LogP contribution in [0.2, 0.25) is 0 Å². The van der Waals surface area contributed by atoms with Crippen molar-refractivity contribution in [1.82, 2.24) is 9.97 Å². The Kier molecular flexibility index (Phi) is 12.6. The zero-order chi connectivity index (χ0) is 45.6. The van der Waals surface area contributed by atoms with E-state index in [1.54, 1.807) is 0 Å². The number of aromatic nitrogens is 2. The van der Waals surface area contributed by atoms with Crippen LogP contribution in [0.1, 0.15) is 28.2 Å². The molecule has 8 aromatic rings. The van der Waals surface area contributed by atoms with Gasteiger partial charge < -0.3 is 0 Å². The third kappa shape index (κ3) is 8.11. The SMILES string of the molecule is Bc1c(B)c(B)c(-c2cnc(-c3ccc(-c4ccccc4CC(C#C)c4ccccc4-c4ccc(-c5cc(C)c(-c6c(B)c(B)c(B)c(B)c6B)cn5)cc4)cc3)cc2C)c(B)c1B. The summed E-state index contributed by atoms with van der Waals surface area (Å²) in [7, 11) is 22.3. The van der Waals surface area contributed by atoms with Crippen LogP contribution >= 0.6 is 0 Å². The van der Waals surface area contributed by atoms with Crippen molar-refractivity contribution >= 4 is 133 Å². The van der Waals surface area contributed by atoms with Gasteiger partial charge in [-0.05, 0) is 88.0 Å². The van der Waals surface area contributed by atoms with Crippen molar-refractivity contribution in [3.05, 3.63) is 144 Å². The molecule has 0 aliphatic heterocycles. The average Bonchev–Trinajstić information content (AvgIpc) is 3.32. The molecule has 0 saturated carbocycles. The fourth-order valence-electron chi connectivity index (χ4n) is 9.92. The Bertz CT molecular complexity index is 3120. The Balaban J connectivity index is 1.03. The normalized spacial score (nSPS) is 11.6. The van der Waals surface area contributed by atoms with Crippen LogP contribution in [0.15, 0.2) is 122 Å². The van der Waals surface area contributed by atoms with Gasteiger partial charge in [0.2, 0.25) is 0 Å². The van der Waals surface area contributed by atoms with Gasteiger partial charge >= 0.3 is 0 Å². The second kappa shape index (κ2) is 18.1. The maximum Gasteiger partial charge on any atom is 0.139 e. The van der Waals surface area contributed by atoms with Gasteiger partial charge in [0.15, 0.2) is 0 Å². The first kappa shape index (κ1) is 44.4. The summed E-state index contributed by atoms with van der Waals surface area (Å²) in [5.41, 5.74) is 32.2. The number of aryl methyl sites for hydroxylation is 2. The first-order valence-corrected chi connectivity index (χ1v) is 22.6. The Morgan fingerprint density at radius 1 is 0.438 bits per heavy atom. The molecule has 12 heteroatoms. The van der Waals surface area contributed by atoms with Crippen LogP contribution in [0.3, 0.4) is 0 Å². The first-order valence-electron chi connectivity index (χ1n) is 22.6. The van der Waals surface area contributed by atoms with Crippen LogP contribution in [0.5, 0.6) is 0 Å². The van der Waals surface area contributed by atoms with E-state index in [4.69, 9.17) is 16.4 Å². The van der Waals surface area contributed by atoms with E-state index in [9.17, 15) is 0 Å². The molecule has 0 spiro atoms. The van der Waals surface area contributed by atoms with Gasteiger partial charge in [-0.3, -0.25) is 9.97 Å². The van der Waals surface area contributed by atoms with E-state index in [1.165, 1.54) is 99.1 Å². The van der Waals surface area contributed by atoms with E-state index >= 15 is 0 Å². The number of rotatable bonds is 9. The molecule has 0 radical (unpaired) electrons. The van der Waals surface area contributed by atoms with Gasteiger partial charge in [0.25, 0.3) is 0 Å². The molecule has 2 nitrogen and oxygen atoms in total. The van der Waals surface area contributed by atoms with Crippen molar-refractivity contribution in [1.29, 1.82) is 0 Å². The standard InChI is InChI=1S/C52H50B10N2/c1-4-28(35-11-7-8-12-36(35)30-15-19-32(20-16-30)40-22-27(3)38(25-64-40)42-45(55)49(59)52(62)50(60)46(42)56)23-33-9-5-6-10-34(33)29-13-17-31(18-14-29)39-21-26(2)37(24-63-39)41-43(53)47(57)51(61)48(58)44(41)54/h1,5-22,24-25,28H,23,53-62H2,2-3H3. The fraction of sp³-hybridized carbons (Fsp3) is 0.0769. The monoisotopic (exact) mass is 812 g/mol. The van der Waals surface area contributed by atoms with E-state index in [0.717, 1.165) is 51.2 Å². The Hall–Kier alpha value is -6.17. The molecule has 6 aromatic carbocycles. The number of hydrogen-bond acceptors (Lipinski definition) is 2. The van der Waals surface area contributed by atoms with Crippen molar-refractivity contribution in [3.8, 4) is 79.4 Å². The maximum atomic E-state index is 6.42. The lowest BCUT2D eigenvalue weighted by molar-refractivity contribution is 0.866. The maximum absolute atomic E-state index is 6.42. The summed E-state index contributed by atoms with van der Waals surface area (Å²) in [5, 5.41) is 0. The highest BCUT2D eigenvalue weighted by Crippen LogP contribution is 2.36. The number of hydrogen-bond donors (Lipinski definition) is 0. The Morgan fingerprint density at radius 3 is 1.22 bits per heavy atom. The van der Waals surface area contributed by atoms with E-state index in [-0.39, 0.29) is 5.92 Å². The van der Waals surface area contributed by atoms with Crippen LogP contribution in [0.4, 0.5) is 0 Å². The van der Waals surface area contributed by atoms with Crippen LogP contribution in [0.25, 0.3) is 67.0 Å². The second-order valence-electron chi connectivity index (χ2n) is 18.1. The van der Waals surface area contributed by atoms with Gasteiger partial charge in [-0.15, -0.1) is 39.2 Å². The molecule has 0 amide bonds. The lowest BCUT2D eigenvalue weighted by Gasteiger charge is -2.21. The molecule has 0 N–H and O–H groups in total. The molecule has 64 heavy (non-hydrogen) atoms. The molecule has 2 aromatic heterocycles. The highest BCUT2D eigenvalue weighted by Gasteiger charge is 2.20. The summed E-state index contributed by atoms with van der Waals surface area (Å²) >= 11 is 0. The minimum Gasteiger partial charge on any atom is -0.256 e. The average molecular weight is 811 g/mol. The van der Waals surface area contributed by atoms with Crippen molar-refractivity contribution in [2.45, 2.75) is 26.2 Å². The summed E-state index contributed by atoms with van der Waals surface area (Å²) in [6, 6.07) is 39.3. The summed E-state index contributed by atoms with van der Waals surface area (Å²) in [6.45, 7) is 4.41. The second-order valence-corrected chi connectivity index (χ2v) is 18.1. The quantitative estimate of drug-likeness (QED) is 0.109. The van der Waals surface area contributed by atoms with Crippen LogP contribution < -0.4 is 54.6 Å². The molecule has 2 heterocycles. The van der Waals surface area contributed by atoms with Crippen molar-refractivity contribution in [3.63, 3.8) is 0 Å². The van der Waals surface area contributed by atoms with Crippen LogP contribution in [-0.2, 0) is 6.42 Å². The largest absolute Gasteiger partial charge is 0.256 e. The predicted octanol–water partition coefficient (Wildman–Crippen LogP) is -4.36. The molecule has 8 rings (SSSR count). The molecule has 0 saturated heterocycles. The summed E-state index contributed by atoms with van der Waals surface area (Å²) in [4.78, 5) is 10.0. The van der Waals surface area contributed by atoms with Crippen molar-refractivity contribution in [2.75, 3.05) is 0 Å². The molecule has 1 atom stereocenters. The molecule has 298 valence electrons. The van der Waals surface area contributed by atoms with E-state index < -0.39 is 0 Å². The highest BCUT2D eigenvalue weighted by molar-refractivity contribution is 6.70. The van der Waals surface area contributed by atoms with Crippen molar-refractivity contribution in [2.24, 2.45) is 0 Å². The van der Waals surface area contributed by atoms with Crippen LogP contribution in [0, 0.1) is 26.2 Å². The number of terminal acetylenes is 1. The summed E-state index contributed by atoms with van der Waals surface area (Å²) in [6.07, 6.45) is 11.3. The van der Waals surface area contributed by atoms with E-state index in [1.807, 2.05) is 0 Å². The molecular formula is C52H50B10N2. The molecule has 0 bridgehead atoms. The first-order chi connectivity index (χ1) is 30.7. The van der Waals surface area contributed by atoms with Gasteiger partial charge in [-0.25, -0.2) is 0 Å². The topological polar surface area (TPSA) is 25.8 Å². The zero-order valence-electron chi connectivity index (χ0n) is 39.8. The summed E-state index contributed by atoms with van der Waals surface area (Å²) in [5.74, 6) is 3.07. The third-order valence-electron chi connectivity index (χ3n) is 14.7. The van der Waals surface area contributed by atoms with Crippen molar-refractivity contribution < 1.29 is 0 Å². The van der Waals surface area contributed by atoms with Crippen LogP contribution in [-0.4, -0.2) is 88.4 Å². The predicted molar refractivity (Wildman–Crippen MR) is 308 cm³/mol. The molecular weight excluding hydrogens is 761 g/mol. The summed E-state index contributed by atoms with van der Waals surface area (Å²) < 4.78 is 0. The van der Waals surface area contributed by atoms with Gasteiger partial charge in [0, 0.05) is 40.6 Å². The molecule has 0 aliphatic rings. The van der Waals surface area contributed by atoms with Gasteiger partial charge in [0.1, 0.15) is 78.5 Å². The Morgan fingerprint density at radius 2 is 0.797 bits per heavy atom. The lowest BCUT2D eigenvalue weighted by atomic mass is 9.59. The van der Waals surface area contributed by atoms with Gasteiger partial charge in [0.05, 0.1) is 11.4 Å². The van der Waals surface area contributed by atoms with Gasteiger partial charge in [-0.2, -0.15) is 0 Å². The molecule has 0 fully saturated rings. The van der Waals surface area contributed by atoms with E-state index in [2.05, 4.69) is 220 Å². The smallest absolute Gasteiger partial charge is 0.139 e. The number of nitrogens with zero attached hydrogens (tertiary/aromatic N) is 2. The number of pyridine rings is 2. The molecule has 1 unspecified atom stereocenters. The van der Waals surface area contributed by atoms with E-state index in [0.29, 0.717) is 0 Å². The van der Waals surface area contributed by atoms with Gasteiger partial charge in [-0.1, -0.05) is 125 Å². The minimum absolute atomic E-state index is 0.117. The fourth-order valence-corrected chi connectivity index (χ4v) is 9.92. The molecule has 0 aliphatic carbocycles. The Labute approximate surface area is 390 Å². The minimum atomic E-state index is -0.117. The zero-order valence-corrected chi connectivity index (χ0v) is 39.8.